The number of nitrogens with zero attached hydrogens (tertiary/aromatic N) is 6. The molecule has 0 spiro atoms. The lowest BCUT2D eigenvalue weighted by molar-refractivity contribution is 0.310. The molecule has 6 bridgehead atoms. The van der Waals surface area contributed by atoms with Gasteiger partial charge in [-0.3, -0.25) is 19.7 Å². The molecule has 0 unspecified atom stereocenters. The first-order valence-corrected chi connectivity index (χ1v) is 11.3. The van der Waals surface area contributed by atoms with Crippen molar-refractivity contribution >= 4 is 21.9 Å². The van der Waals surface area contributed by atoms with Crippen molar-refractivity contribution in [3.05, 3.63) is 72.2 Å². The molecule has 0 radical (unpaired) electrons. The van der Waals surface area contributed by atoms with Crippen LogP contribution in [0.25, 0.3) is 55.8 Å². The second-order valence-electron chi connectivity index (χ2n) is 8.98. The molecular formula is C26H22N8. The van der Waals surface area contributed by atoms with Gasteiger partial charge < -0.3 is 4.98 Å². The Balaban J connectivity index is 1.53. The van der Waals surface area contributed by atoms with Crippen molar-refractivity contribution in [3.63, 3.8) is 0 Å². The molecule has 1 aliphatic rings. The number of para-hydroxylation sites is 1. The fraction of sp³-hybridized carbons (Fsp3) is 0.154. The minimum absolute atomic E-state index is 0.736. The molecule has 1 aliphatic heterocycles. The predicted molar refractivity (Wildman–Crippen MR) is 132 cm³/mol. The molecule has 0 saturated carbocycles. The highest BCUT2D eigenvalue weighted by Crippen LogP contribution is 2.34. The molecular weight excluding hydrogens is 424 g/mol. The van der Waals surface area contributed by atoms with Crippen LogP contribution in [0.5, 0.6) is 0 Å². The third kappa shape index (κ3) is 2.89. The molecule has 0 amide bonds. The molecule has 5 heterocycles. The highest BCUT2D eigenvalue weighted by Gasteiger charge is 2.19. The van der Waals surface area contributed by atoms with E-state index < -0.39 is 0 Å². The molecule has 8 nitrogen and oxygen atoms in total. The summed E-state index contributed by atoms with van der Waals surface area (Å²) in [5.41, 5.74) is 10.1. The summed E-state index contributed by atoms with van der Waals surface area (Å²) < 4.78 is 1.94. The van der Waals surface area contributed by atoms with Gasteiger partial charge in [0.25, 0.3) is 0 Å². The number of fused-ring (bicyclic) bond motifs is 8. The maximum atomic E-state index is 5.00. The molecule has 6 aromatic rings. The Labute approximate surface area is 195 Å². The topological polar surface area (TPSA) is 91.3 Å². The van der Waals surface area contributed by atoms with Crippen LogP contribution in [-0.2, 0) is 20.1 Å². The van der Waals surface area contributed by atoms with Gasteiger partial charge in [-0.25, -0.2) is 4.98 Å². The summed E-state index contributed by atoms with van der Waals surface area (Å²) in [4.78, 5) is 15.5. The first-order chi connectivity index (χ1) is 16.6. The van der Waals surface area contributed by atoms with Gasteiger partial charge in [-0.15, -0.1) is 0 Å². The van der Waals surface area contributed by atoms with E-state index in [1.54, 1.807) is 0 Å². The zero-order chi connectivity index (χ0) is 22.8. The van der Waals surface area contributed by atoms with E-state index >= 15 is 0 Å². The molecule has 2 aromatic carbocycles. The number of H-pyrrole nitrogens is 2. The molecule has 8 heteroatoms. The van der Waals surface area contributed by atoms with E-state index in [0.717, 1.165) is 74.6 Å². The Morgan fingerprint density at radius 2 is 1.82 bits per heavy atom. The summed E-state index contributed by atoms with van der Waals surface area (Å²) in [5.74, 6) is 0.736. The summed E-state index contributed by atoms with van der Waals surface area (Å²) in [6.07, 6.45) is 3.73. The molecule has 7 rings (SSSR count). The molecule has 4 aromatic heterocycles. The highest BCUT2D eigenvalue weighted by atomic mass is 15.3. The molecule has 34 heavy (non-hydrogen) atoms. The van der Waals surface area contributed by atoms with Crippen molar-refractivity contribution in [1.29, 1.82) is 0 Å². The van der Waals surface area contributed by atoms with E-state index in [-0.39, 0.29) is 0 Å². The number of hydrogen-bond donors (Lipinski definition) is 2. The third-order valence-electron chi connectivity index (χ3n) is 6.63. The molecule has 0 fully saturated rings. The van der Waals surface area contributed by atoms with Gasteiger partial charge in [-0.2, -0.15) is 10.2 Å². The van der Waals surface area contributed by atoms with Crippen molar-refractivity contribution in [2.75, 3.05) is 7.05 Å². The van der Waals surface area contributed by atoms with Crippen molar-refractivity contribution in [2.45, 2.75) is 13.1 Å². The Hall–Kier alpha value is -4.30. The SMILES string of the molecule is CN1Cc2cccc(c2)-c2cccc3[nH]c(nc23)-c2n[nH]c3cnc(cc23)-c2cnn(C)c2C1. The van der Waals surface area contributed by atoms with Gasteiger partial charge >= 0.3 is 0 Å². The maximum Gasteiger partial charge on any atom is 0.159 e. The van der Waals surface area contributed by atoms with Crippen LogP contribution in [-0.4, -0.2) is 46.9 Å². The molecule has 0 saturated heterocycles. The van der Waals surface area contributed by atoms with Crippen molar-refractivity contribution in [2.24, 2.45) is 7.05 Å². The van der Waals surface area contributed by atoms with Crippen LogP contribution < -0.4 is 0 Å². The second-order valence-corrected chi connectivity index (χ2v) is 8.98. The van der Waals surface area contributed by atoms with Crippen LogP contribution in [0, 0.1) is 0 Å². The van der Waals surface area contributed by atoms with Crippen LogP contribution in [0.3, 0.4) is 0 Å². The largest absolute Gasteiger partial charge is 0.337 e. The first kappa shape index (κ1) is 19.2. The van der Waals surface area contributed by atoms with Crippen LogP contribution >= 0.6 is 0 Å². The molecule has 2 N–H and O–H groups in total. The average Bonchev–Trinajstić information content (AvgIpc) is 3.55. The summed E-state index contributed by atoms with van der Waals surface area (Å²) in [6.45, 7) is 1.57. The van der Waals surface area contributed by atoms with Gasteiger partial charge in [0.05, 0.1) is 40.3 Å². The number of rotatable bonds is 0. The van der Waals surface area contributed by atoms with Gasteiger partial charge in [-0.1, -0.05) is 30.3 Å². The number of benzene rings is 2. The molecule has 0 atom stereocenters. The highest BCUT2D eigenvalue weighted by molar-refractivity contribution is 5.97. The normalized spacial score (nSPS) is 13.8. The van der Waals surface area contributed by atoms with Crippen molar-refractivity contribution in [1.82, 2.24) is 39.8 Å². The number of aromatic nitrogens is 7. The van der Waals surface area contributed by atoms with Crippen LogP contribution in [0.2, 0.25) is 0 Å². The summed E-state index contributed by atoms with van der Waals surface area (Å²) in [7, 11) is 4.12. The van der Waals surface area contributed by atoms with Crippen molar-refractivity contribution in [3.8, 4) is 33.9 Å². The fourth-order valence-electron chi connectivity index (χ4n) is 4.95. The number of hydrogen-bond acceptors (Lipinski definition) is 5. The Bertz CT molecular complexity index is 1700. The summed E-state index contributed by atoms with van der Waals surface area (Å²) in [6, 6.07) is 17.0. The predicted octanol–water partition coefficient (Wildman–Crippen LogP) is 4.51. The zero-order valence-corrected chi connectivity index (χ0v) is 18.9. The van der Waals surface area contributed by atoms with E-state index in [9.17, 15) is 0 Å². The van der Waals surface area contributed by atoms with Crippen LogP contribution in [0.4, 0.5) is 0 Å². The third-order valence-corrected chi connectivity index (χ3v) is 6.63. The van der Waals surface area contributed by atoms with E-state index in [4.69, 9.17) is 9.97 Å². The number of aromatic amines is 2. The zero-order valence-electron chi connectivity index (χ0n) is 18.9. The Kier molecular flexibility index (Phi) is 4.01. The lowest BCUT2D eigenvalue weighted by Gasteiger charge is -2.18. The lowest BCUT2D eigenvalue weighted by atomic mass is 10.0. The smallest absolute Gasteiger partial charge is 0.159 e. The van der Waals surface area contributed by atoms with Gasteiger partial charge in [0.2, 0.25) is 0 Å². The molecule has 166 valence electrons. The van der Waals surface area contributed by atoms with Gasteiger partial charge in [0.1, 0.15) is 5.69 Å². The van der Waals surface area contributed by atoms with Gasteiger partial charge in [0.15, 0.2) is 5.82 Å². The fourth-order valence-corrected chi connectivity index (χ4v) is 4.95. The van der Waals surface area contributed by atoms with Gasteiger partial charge in [0, 0.05) is 36.7 Å². The number of imidazole rings is 1. The minimum Gasteiger partial charge on any atom is -0.337 e. The second kappa shape index (κ2) is 7.10. The minimum atomic E-state index is 0.736. The summed E-state index contributed by atoms with van der Waals surface area (Å²) in [5, 5.41) is 13.2. The number of aryl methyl sites for hydroxylation is 1. The standard InChI is InChI=1S/C26H22N8/c1-33-13-15-5-3-6-16(9-15)17-7-4-8-20-24(17)30-26(29-20)25-18-10-21(27-12-22(18)31-32-25)19-11-28-34(2)23(19)14-33/h3-12H,13-14H2,1-2H3,(H,29,30)(H,31,32). The summed E-state index contributed by atoms with van der Waals surface area (Å²) >= 11 is 0. The van der Waals surface area contributed by atoms with Crippen LogP contribution in [0.1, 0.15) is 11.3 Å². The van der Waals surface area contributed by atoms with E-state index in [0.29, 0.717) is 0 Å². The Morgan fingerprint density at radius 3 is 2.76 bits per heavy atom. The lowest BCUT2D eigenvalue weighted by Crippen LogP contribution is -2.19. The van der Waals surface area contributed by atoms with Crippen molar-refractivity contribution < 1.29 is 0 Å². The maximum absolute atomic E-state index is 5.00. The van der Waals surface area contributed by atoms with E-state index in [1.165, 1.54) is 5.56 Å². The quantitative estimate of drug-likeness (QED) is 0.358. The first-order valence-electron chi connectivity index (χ1n) is 11.3. The van der Waals surface area contributed by atoms with E-state index in [2.05, 4.69) is 80.8 Å². The van der Waals surface area contributed by atoms with E-state index in [1.807, 2.05) is 24.1 Å². The number of pyridine rings is 1. The number of nitrogens with one attached hydrogen (secondary N) is 2. The van der Waals surface area contributed by atoms with Crippen LogP contribution in [0.15, 0.2) is 60.9 Å². The average molecular weight is 447 g/mol. The molecule has 0 aliphatic carbocycles. The Morgan fingerprint density at radius 1 is 0.912 bits per heavy atom. The van der Waals surface area contributed by atoms with Gasteiger partial charge in [-0.05, 0) is 36.4 Å². The monoisotopic (exact) mass is 446 g/mol.